The molecule has 1 N–H and O–H groups in total. The Morgan fingerprint density at radius 2 is 1.80 bits per heavy atom. The molecule has 1 amide bonds. The van der Waals surface area contributed by atoms with Gasteiger partial charge in [0.25, 0.3) is 0 Å². The Morgan fingerprint density at radius 1 is 1.04 bits per heavy atom. The predicted molar refractivity (Wildman–Crippen MR) is 97.6 cm³/mol. The second-order valence-electron chi connectivity index (χ2n) is 5.66. The first-order valence-corrected chi connectivity index (χ1v) is 8.30. The van der Waals surface area contributed by atoms with Gasteiger partial charge in [-0.15, -0.1) is 0 Å². The molecular formula is C20H25NO4. The van der Waals surface area contributed by atoms with Gasteiger partial charge >= 0.3 is 0 Å². The molecule has 2 aromatic carbocycles. The third-order valence-electron chi connectivity index (χ3n) is 3.82. The maximum Gasteiger partial charge on any atom is 0.220 e. The predicted octanol–water partition coefficient (Wildman–Crippen LogP) is 3.14. The van der Waals surface area contributed by atoms with E-state index in [1.54, 1.807) is 14.2 Å². The van der Waals surface area contributed by atoms with Gasteiger partial charge in [-0.3, -0.25) is 4.79 Å². The molecule has 134 valence electrons. The Hall–Kier alpha value is -2.69. The molecule has 0 saturated heterocycles. The number of hydrogen-bond donors (Lipinski definition) is 1. The Morgan fingerprint density at radius 3 is 2.48 bits per heavy atom. The van der Waals surface area contributed by atoms with E-state index < -0.39 is 0 Å². The van der Waals surface area contributed by atoms with Crippen LogP contribution in [-0.2, 0) is 11.2 Å². The van der Waals surface area contributed by atoms with Crippen molar-refractivity contribution in [3.8, 4) is 17.2 Å². The summed E-state index contributed by atoms with van der Waals surface area (Å²) in [5.41, 5.74) is 2.14. The van der Waals surface area contributed by atoms with Crippen molar-refractivity contribution in [2.45, 2.75) is 19.8 Å². The van der Waals surface area contributed by atoms with Crippen molar-refractivity contribution in [2.75, 3.05) is 27.4 Å². The minimum Gasteiger partial charge on any atom is -0.493 e. The van der Waals surface area contributed by atoms with Gasteiger partial charge in [0.15, 0.2) is 11.5 Å². The quantitative estimate of drug-likeness (QED) is 0.711. The number of ether oxygens (including phenoxy) is 3. The first-order chi connectivity index (χ1) is 12.1. The van der Waals surface area contributed by atoms with Crippen molar-refractivity contribution >= 4 is 5.91 Å². The van der Waals surface area contributed by atoms with E-state index in [0.29, 0.717) is 37.5 Å². The summed E-state index contributed by atoms with van der Waals surface area (Å²) in [6, 6.07) is 13.5. The number of aryl methyl sites for hydroxylation is 2. The highest BCUT2D eigenvalue weighted by molar-refractivity contribution is 5.76. The number of carbonyl (C=O) groups is 1. The van der Waals surface area contributed by atoms with Crippen LogP contribution >= 0.6 is 0 Å². The average Bonchev–Trinajstić information content (AvgIpc) is 2.64. The zero-order valence-electron chi connectivity index (χ0n) is 15.0. The van der Waals surface area contributed by atoms with E-state index >= 15 is 0 Å². The topological polar surface area (TPSA) is 56.8 Å². The SMILES string of the molecule is COc1cccc(CCC(=O)NCCOc2ccc(C)cc2)c1OC. The highest BCUT2D eigenvalue weighted by atomic mass is 16.5. The number of rotatable bonds is 9. The fraction of sp³-hybridized carbons (Fsp3) is 0.350. The zero-order valence-corrected chi connectivity index (χ0v) is 15.0. The molecule has 0 unspecified atom stereocenters. The Balaban J connectivity index is 1.73. The molecule has 0 fully saturated rings. The Kier molecular flexibility index (Phi) is 7.14. The molecule has 0 aliphatic rings. The fourth-order valence-corrected chi connectivity index (χ4v) is 2.48. The number of para-hydroxylation sites is 1. The lowest BCUT2D eigenvalue weighted by Gasteiger charge is -2.12. The minimum atomic E-state index is -0.0163. The first-order valence-electron chi connectivity index (χ1n) is 8.30. The standard InChI is InChI=1S/C20H25NO4/c1-15-7-10-17(11-8-15)25-14-13-21-19(22)12-9-16-5-4-6-18(23-2)20(16)24-3/h4-8,10-11H,9,12-14H2,1-3H3,(H,21,22). The zero-order chi connectivity index (χ0) is 18.1. The molecule has 0 saturated carbocycles. The molecule has 2 rings (SSSR count). The summed E-state index contributed by atoms with van der Waals surface area (Å²) < 4.78 is 16.2. The molecule has 2 aromatic rings. The second-order valence-corrected chi connectivity index (χ2v) is 5.66. The lowest BCUT2D eigenvalue weighted by atomic mass is 10.1. The van der Waals surface area contributed by atoms with Crippen LogP contribution in [0, 0.1) is 6.92 Å². The van der Waals surface area contributed by atoms with Crippen LogP contribution < -0.4 is 19.5 Å². The van der Waals surface area contributed by atoms with E-state index in [4.69, 9.17) is 14.2 Å². The van der Waals surface area contributed by atoms with Gasteiger partial charge in [0.2, 0.25) is 5.91 Å². The van der Waals surface area contributed by atoms with Crippen LogP contribution in [0.25, 0.3) is 0 Å². The van der Waals surface area contributed by atoms with Gasteiger partial charge in [-0.05, 0) is 37.1 Å². The highest BCUT2D eigenvalue weighted by Crippen LogP contribution is 2.31. The summed E-state index contributed by atoms with van der Waals surface area (Å²) in [5.74, 6) is 2.14. The maximum atomic E-state index is 12.0. The molecule has 5 nitrogen and oxygen atoms in total. The largest absolute Gasteiger partial charge is 0.493 e. The summed E-state index contributed by atoms with van der Waals surface area (Å²) in [7, 11) is 3.20. The van der Waals surface area contributed by atoms with Crippen LogP contribution in [-0.4, -0.2) is 33.3 Å². The van der Waals surface area contributed by atoms with E-state index in [1.807, 2.05) is 49.4 Å². The summed E-state index contributed by atoms with van der Waals surface area (Å²) in [4.78, 5) is 12.0. The van der Waals surface area contributed by atoms with Crippen molar-refractivity contribution in [3.63, 3.8) is 0 Å². The van der Waals surface area contributed by atoms with E-state index in [9.17, 15) is 4.79 Å². The fourth-order valence-electron chi connectivity index (χ4n) is 2.48. The summed E-state index contributed by atoms with van der Waals surface area (Å²) in [6.07, 6.45) is 0.971. The van der Waals surface area contributed by atoms with Crippen LogP contribution in [0.3, 0.4) is 0 Å². The minimum absolute atomic E-state index is 0.0163. The highest BCUT2D eigenvalue weighted by Gasteiger charge is 2.11. The molecule has 0 aromatic heterocycles. The monoisotopic (exact) mass is 343 g/mol. The molecule has 5 heteroatoms. The molecule has 25 heavy (non-hydrogen) atoms. The van der Waals surface area contributed by atoms with Gasteiger partial charge in [0.1, 0.15) is 12.4 Å². The second kappa shape index (κ2) is 9.57. The van der Waals surface area contributed by atoms with E-state index in [0.717, 1.165) is 11.3 Å². The number of methoxy groups -OCH3 is 2. The van der Waals surface area contributed by atoms with E-state index in [1.165, 1.54) is 5.56 Å². The number of carbonyl (C=O) groups excluding carboxylic acids is 1. The normalized spacial score (nSPS) is 10.2. The van der Waals surface area contributed by atoms with Crippen molar-refractivity contribution in [2.24, 2.45) is 0 Å². The number of hydrogen-bond acceptors (Lipinski definition) is 4. The van der Waals surface area contributed by atoms with Gasteiger partial charge < -0.3 is 19.5 Å². The number of benzene rings is 2. The van der Waals surface area contributed by atoms with Crippen molar-refractivity contribution in [1.82, 2.24) is 5.32 Å². The number of amides is 1. The summed E-state index contributed by atoms with van der Waals surface area (Å²) in [6.45, 7) is 2.94. The van der Waals surface area contributed by atoms with Gasteiger partial charge in [-0.25, -0.2) is 0 Å². The van der Waals surface area contributed by atoms with Crippen molar-refractivity contribution < 1.29 is 19.0 Å². The molecule has 0 spiro atoms. The van der Waals surface area contributed by atoms with Crippen LogP contribution in [0.4, 0.5) is 0 Å². The molecular weight excluding hydrogens is 318 g/mol. The Labute approximate surface area is 148 Å². The van der Waals surface area contributed by atoms with Crippen LogP contribution in [0.2, 0.25) is 0 Å². The third-order valence-corrected chi connectivity index (χ3v) is 3.82. The Bertz CT molecular complexity index is 683. The average molecular weight is 343 g/mol. The van der Waals surface area contributed by atoms with Gasteiger partial charge in [0, 0.05) is 6.42 Å². The van der Waals surface area contributed by atoms with E-state index in [2.05, 4.69) is 5.32 Å². The molecule has 0 atom stereocenters. The van der Waals surface area contributed by atoms with Crippen molar-refractivity contribution in [1.29, 1.82) is 0 Å². The smallest absolute Gasteiger partial charge is 0.220 e. The van der Waals surface area contributed by atoms with Crippen LogP contribution in [0.1, 0.15) is 17.5 Å². The molecule has 0 aliphatic carbocycles. The lowest BCUT2D eigenvalue weighted by molar-refractivity contribution is -0.121. The number of nitrogens with one attached hydrogen (secondary N) is 1. The molecule has 0 aliphatic heterocycles. The van der Waals surface area contributed by atoms with Crippen molar-refractivity contribution in [3.05, 3.63) is 53.6 Å². The van der Waals surface area contributed by atoms with Gasteiger partial charge in [-0.1, -0.05) is 29.8 Å². The van der Waals surface area contributed by atoms with Crippen LogP contribution in [0.15, 0.2) is 42.5 Å². The van der Waals surface area contributed by atoms with E-state index in [-0.39, 0.29) is 5.91 Å². The first kappa shape index (κ1) is 18.6. The summed E-state index contributed by atoms with van der Waals surface area (Å²) in [5, 5.41) is 2.86. The summed E-state index contributed by atoms with van der Waals surface area (Å²) >= 11 is 0. The van der Waals surface area contributed by atoms with Crippen LogP contribution in [0.5, 0.6) is 17.2 Å². The molecule has 0 bridgehead atoms. The van der Waals surface area contributed by atoms with Gasteiger partial charge in [-0.2, -0.15) is 0 Å². The molecule has 0 radical (unpaired) electrons. The maximum absolute atomic E-state index is 12.0. The third kappa shape index (κ3) is 5.71. The van der Waals surface area contributed by atoms with Gasteiger partial charge in [0.05, 0.1) is 20.8 Å². The lowest BCUT2D eigenvalue weighted by Crippen LogP contribution is -2.28. The molecule has 0 heterocycles.